The Hall–Kier alpha value is -2.64. The van der Waals surface area contributed by atoms with Crippen molar-refractivity contribution >= 4 is 5.91 Å². The second-order valence-electron chi connectivity index (χ2n) is 6.16. The van der Waals surface area contributed by atoms with E-state index in [0.29, 0.717) is 5.88 Å². The van der Waals surface area contributed by atoms with Crippen LogP contribution >= 0.6 is 0 Å². The standard InChI is InChI=1S/C18H18F3N3O2/c19-18(20,21)15-9-4-12(11-23-15)17(25)24-13-5-7-14(8-6-13)26-16-3-1-2-10-22-16/h1-4,9-11,13-14H,5-8H2,(H,24,25). The lowest BCUT2D eigenvalue weighted by Gasteiger charge is -2.29. The van der Waals surface area contributed by atoms with Gasteiger partial charge < -0.3 is 10.1 Å². The minimum atomic E-state index is -4.51. The van der Waals surface area contributed by atoms with E-state index < -0.39 is 17.8 Å². The van der Waals surface area contributed by atoms with Crippen LogP contribution in [0.3, 0.4) is 0 Å². The Morgan fingerprint density at radius 2 is 1.85 bits per heavy atom. The Kier molecular flexibility index (Phi) is 5.39. The van der Waals surface area contributed by atoms with Gasteiger partial charge in [0.25, 0.3) is 5.91 Å². The van der Waals surface area contributed by atoms with Gasteiger partial charge in [0, 0.05) is 24.5 Å². The van der Waals surface area contributed by atoms with E-state index in [0.717, 1.165) is 44.0 Å². The molecule has 0 radical (unpaired) electrons. The van der Waals surface area contributed by atoms with Crippen molar-refractivity contribution in [3.8, 4) is 5.88 Å². The molecule has 0 aromatic carbocycles. The molecule has 2 aromatic rings. The van der Waals surface area contributed by atoms with Crippen molar-refractivity contribution in [2.75, 3.05) is 0 Å². The smallest absolute Gasteiger partial charge is 0.433 e. The number of amides is 1. The van der Waals surface area contributed by atoms with E-state index in [4.69, 9.17) is 4.74 Å². The largest absolute Gasteiger partial charge is 0.474 e. The lowest BCUT2D eigenvalue weighted by molar-refractivity contribution is -0.141. The molecule has 1 saturated carbocycles. The molecule has 138 valence electrons. The minimum absolute atomic E-state index is 0.0339. The molecular formula is C18H18F3N3O2. The lowest BCUT2D eigenvalue weighted by atomic mass is 9.92. The molecule has 1 fully saturated rings. The maximum absolute atomic E-state index is 12.5. The molecule has 0 bridgehead atoms. The van der Waals surface area contributed by atoms with Gasteiger partial charge in [-0.25, -0.2) is 4.98 Å². The summed E-state index contributed by atoms with van der Waals surface area (Å²) in [6, 6.07) is 7.38. The van der Waals surface area contributed by atoms with E-state index in [2.05, 4.69) is 15.3 Å². The van der Waals surface area contributed by atoms with E-state index in [-0.39, 0.29) is 17.7 Å². The van der Waals surface area contributed by atoms with Gasteiger partial charge in [0.2, 0.25) is 5.88 Å². The molecule has 0 saturated heterocycles. The van der Waals surface area contributed by atoms with E-state index in [1.54, 1.807) is 12.3 Å². The molecule has 1 N–H and O–H groups in total. The van der Waals surface area contributed by atoms with Crippen LogP contribution < -0.4 is 10.1 Å². The number of carbonyl (C=O) groups is 1. The van der Waals surface area contributed by atoms with Gasteiger partial charge >= 0.3 is 6.18 Å². The molecule has 0 aliphatic heterocycles. The van der Waals surface area contributed by atoms with E-state index in [1.807, 2.05) is 12.1 Å². The van der Waals surface area contributed by atoms with Gasteiger partial charge in [-0.1, -0.05) is 6.07 Å². The zero-order valence-electron chi connectivity index (χ0n) is 13.9. The fraction of sp³-hybridized carbons (Fsp3) is 0.389. The molecule has 5 nitrogen and oxygen atoms in total. The number of halogens is 3. The quantitative estimate of drug-likeness (QED) is 0.899. The third-order valence-corrected chi connectivity index (χ3v) is 4.25. The summed E-state index contributed by atoms with van der Waals surface area (Å²) < 4.78 is 43.3. The molecular weight excluding hydrogens is 347 g/mol. The molecule has 0 spiro atoms. The highest BCUT2D eigenvalue weighted by Crippen LogP contribution is 2.27. The Morgan fingerprint density at radius 1 is 1.08 bits per heavy atom. The Morgan fingerprint density at radius 3 is 2.42 bits per heavy atom. The van der Waals surface area contributed by atoms with E-state index in [1.165, 1.54) is 0 Å². The maximum atomic E-state index is 12.5. The normalized spacial score (nSPS) is 20.4. The van der Waals surface area contributed by atoms with Crippen LogP contribution in [0, 0.1) is 0 Å². The number of carbonyl (C=O) groups excluding carboxylic acids is 1. The molecule has 0 atom stereocenters. The van der Waals surface area contributed by atoms with Crippen LogP contribution in [0.15, 0.2) is 42.7 Å². The van der Waals surface area contributed by atoms with Crippen molar-refractivity contribution < 1.29 is 22.7 Å². The number of rotatable bonds is 4. The van der Waals surface area contributed by atoms with E-state index >= 15 is 0 Å². The van der Waals surface area contributed by atoms with Crippen LogP contribution in [-0.4, -0.2) is 28.0 Å². The summed E-state index contributed by atoms with van der Waals surface area (Å²) in [6.07, 6.45) is 1.16. The molecule has 1 amide bonds. The van der Waals surface area contributed by atoms with Gasteiger partial charge in [0.15, 0.2) is 0 Å². The number of nitrogens with one attached hydrogen (secondary N) is 1. The second-order valence-corrected chi connectivity index (χ2v) is 6.16. The maximum Gasteiger partial charge on any atom is 0.433 e. The summed E-state index contributed by atoms with van der Waals surface area (Å²) in [4.78, 5) is 19.6. The Labute approximate surface area is 148 Å². The Balaban J connectivity index is 1.49. The fourth-order valence-electron chi connectivity index (χ4n) is 2.88. The second kappa shape index (κ2) is 7.72. The third kappa shape index (κ3) is 4.71. The van der Waals surface area contributed by atoms with Crippen molar-refractivity contribution in [3.05, 3.63) is 54.0 Å². The molecule has 1 aliphatic rings. The summed E-state index contributed by atoms with van der Waals surface area (Å²) in [6.45, 7) is 0. The topological polar surface area (TPSA) is 64.1 Å². The zero-order valence-corrected chi connectivity index (χ0v) is 13.9. The molecule has 1 aliphatic carbocycles. The summed E-state index contributed by atoms with van der Waals surface area (Å²) in [5.41, 5.74) is -0.897. The SMILES string of the molecule is O=C(NC1CCC(Oc2ccccn2)CC1)c1ccc(C(F)(F)F)nc1. The zero-order chi connectivity index (χ0) is 18.6. The highest BCUT2D eigenvalue weighted by atomic mass is 19.4. The number of pyridine rings is 2. The minimum Gasteiger partial charge on any atom is -0.474 e. The first-order valence-corrected chi connectivity index (χ1v) is 8.33. The highest BCUT2D eigenvalue weighted by Gasteiger charge is 2.32. The summed E-state index contributed by atoms with van der Waals surface area (Å²) in [5.74, 6) is 0.163. The number of alkyl halides is 3. The molecule has 2 heterocycles. The third-order valence-electron chi connectivity index (χ3n) is 4.25. The number of nitrogens with zero attached hydrogens (tertiary/aromatic N) is 2. The van der Waals surface area contributed by atoms with Crippen molar-refractivity contribution in [3.63, 3.8) is 0 Å². The van der Waals surface area contributed by atoms with Gasteiger partial charge in [-0.2, -0.15) is 13.2 Å². The fourth-order valence-corrected chi connectivity index (χ4v) is 2.88. The van der Waals surface area contributed by atoms with Crippen molar-refractivity contribution in [2.45, 2.75) is 44.0 Å². The summed E-state index contributed by atoms with van der Waals surface area (Å²) >= 11 is 0. The molecule has 8 heteroatoms. The van der Waals surface area contributed by atoms with Crippen LogP contribution in [0.5, 0.6) is 5.88 Å². The van der Waals surface area contributed by atoms with Crippen molar-refractivity contribution in [1.29, 1.82) is 0 Å². The number of hydrogen-bond acceptors (Lipinski definition) is 4. The van der Waals surface area contributed by atoms with Gasteiger partial charge in [0.05, 0.1) is 5.56 Å². The number of hydrogen-bond donors (Lipinski definition) is 1. The summed E-state index contributed by atoms with van der Waals surface area (Å²) in [5, 5.41) is 2.85. The predicted octanol–water partition coefficient (Wildman–Crippen LogP) is 3.62. The number of aromatic nitrogens is 2. The van der Waals surface area contributed by atoms with Gasteiger partial charge in [-0.05, 0) is 43.9 Å². The predicted molar refractivity (Wildman–Crippen MR) is 87.6 cm³/mol. The monoisotopic (exact) mass is 365 g/mol. The van der Waals surface area contributed by atoms with Crippen molar-refractivity contribution in [1.82, 2.24) is 15.3 Å². The average molecular weight is 365 g/mol. The molecule has 0 unspecified atom stereocenters. The van der Waals surface area contributed by atoms with Crippen LogP contribution in [0.4, 0.5) is 13.2 Å². The first-order valence-electron chi connectivity index (χ1n) is 8.33. The van der Waals surface area contributed by atoms with Crippen LogP contribution in [0.2, 0.25) is 0 Å². The molecule has 3 rings (SSSR count). The Bertz CT molecular complexity index is 728. The van der Waals surface area contributed by atoms with Crippen molar-refractivity contribution in [2.24, 2.45) is 0 Å². The van der Waals surface area contributed by atoms with Gasteiger partial charge in [0.1, 0.15) is 11.8 Å². The van der Waals surface area contributed by atoms with Crippen LogP contribution in [0.1, 0.15) is 41.7 Å². The summed E-state index contributed by atoms with van der Waals surface area (Å²) in [7, 11) is 0. The lowest BCUT2D eigenvalue weighted by Crippen LogP contribution is -2.39. The number of ether oxygens (including phenoxy) is 1. The molecule has 2 aromatic heterocycles. The molecule has 26 heavy (non-hydrogen) atoms. The average Bonchev–Trinajstić information content (AvgIpc) is 2.63. The van der Waals surface area contributed by atoms with Crippen LogP contribution in [0.25, 0.3) is 0 Å². The van der Waals surface area contributed by atoms with E-state index in [9.17, 15) is 18.0 Å². The van der Waals surface area contributed by atoms with Crippen LogP contribution in [-0.2, 0) is 6.18 Å². The first kappa shape index (κ1) is 18.2. The highest BCUT2D eigenvalue weighted by molar-refractivity contribution is 5.94. The van der Waals surface area contributed by atoms with Gasteiger partial charge in [-0.3, -0.25) is 9.78 Å². The first-order chi connectivity index (χ1) is 12.4. The van der Waals surface area contributed by atoms with Gasteiger partial charge in [-0.15, -0.1) is 0 Å².